The minimum Gasteiger partial charge on any atom is -0.379 e. The van der Waals surface area contributed by atoms with E-state index in [1.54, 1.807) is 0 Å². The van der Waals surface area contributed by atoms with Gasteiger partial charge >= 0.3 is 0 Å². The predicted molar refractivity (Wildman–Crippen MR) is 154 cm³/mol. The van der Waals surface area contributed by atoms with Gasteiger partial charge in [0.05, 0.1) is 24.8 Å². The van der Waals surface area contributed by atoms with Crippen LogP contribution in [0.3, 0.4) is 0 Å². The normalized spacial score (nSPS) is 23.2. The van der Waals surface area contributed by atoms with Gasteiger partial charge < -0.3 is 20.1 Å². The molecule has 6 rings (SSSR count). The topological polar surface area (TPSA) is 62.8 Å². The molecule has 0 spiro atoms. The molecular weight excluding hydrogens is 486 g/mol. The smallest absolute Gasteiger partial charge is 0.254 e. The van der Waals surface area contributed by atoms with E-state index in [0.29, 0.717) is 12.0 Å². The van der Waals surface area contributed by atoms with Crippen LogP contribution in [0.1, 0.15) is 30.5 Å². The maximum atomic E-state index is 13.6. The summed E-state index contributed by atoms with van der Waals surface area (Å²) in [5, 5.41) is 6.84. The van der Waals surface area contributed by atoms with Gasteiger partial charge in [-0.25, -0.2) is 0 Å². The van der Waals surface area contributed by atoms with Crippen molar-refractivity contribution >= 4 is 17.3 Å². The van der Waals surface area contributed by atoms with Gasteiger partial charge in [0.1, 0.15) is 11.7 Å². The van der Waals surface area contributed by atoms with Crippen molar-refractivity contribution in [3.8, 4) is 0 Å². The molecule has 2 bridgehead atoms. The number of hydrogen-bond acceptors (Lipinski definition) is 5. The van der Waals surface area contributed by atoms with Crippen molar-refractivity contribution in [2.45, 2.75) is 37.6 Å². The number of para-hydroxylation sites is 2. The van der Waals surface area contributed by atoms with Crippen molar-refractivity contribution in [2.24, 2.45) is 0 Å². The highest BCUT2D eigenvalue weighted by Gasteiger charge is 2.54. The van der Waals surface area contributed by atoms with E-state index >= 15 is 0 Å². The van der Waals surface area contributed by atoms with Crippen LogP contribution in [0.5, 0.6) is 0 Å². The lowest BCUT2D eigenvalue weighted by molar-refractivity contribution is -0.113. The van der Waals surface area contributed by atoms with E-state index in [-0.39, 0.29) is 18.1 Å². The second-order valence-corrected chi connectivity index (χ2v) is 10.3. The second-order valence-electron chi connectivity index (χ2n) is 10.3. The van der Waals surface area contributed by atoms with Gasteiger partial charge in [-0.05, 0) is 53.5 Å². The minimum absolute atomic E-state index is 0.103. The van der Waals surface area contributed by atoms with Crippen LogP contribution in [0.25, 0.3) is 0 Å². The van der Waals surface area contributed by atoms with Crippen molar-refractivity contribution in [3.05, 3.63) is 119 Å². The van der Waals surface area contributed by atoms with Gasteiger partial charge in [0.25, 0.3) is 5.91 Å². The average Bonchev–Trinajstić information content (AvgIpc) is 3.56. The Kier molecular flexibility index (Phi) is 7.33. The van der Waals surface area contributed by atoms with Gasteiger partial charge in [0.2, 0.25) is 0 Å². The molecule has 6 heteroatoms. The summed E-state index contributed by atoms with van der Waals surface area (Å²) in [6.45, 7) is 6.52. The highest BCUT2D eigenvalue weighted by molar-refractivity contribution is 6.06. The second kappa shape index (κ2) is 11.2. The molecular formula is C33H35N3O3. The molecule has 0 aliphatic carbocycles. The quantitative estimate of drug-likeness (QED) is 0.353. The van der Waals surface area contributed by atoms with Crippen LogP contribution in [-0.4, -0.2) is 48.8 Å². The van der Waals surface area contributed by atoms with Gasteiger partial charge in [0, 0.05) is 31.0 Å². The summed E-state index contributed by atoms with van der Waals surface area (Å²) < 4.78 is 12.2. The van der Waals surface area contributed by atoms with E-state index in [9.17, 15) is 4.79 Å². The number of hydrogen-bond donors (Lipinski definition) is 2. The molecule has 3 aliphatic rings. The number of morpholine rings is 1. The fourth-order valence-electron chi connectivity index (χ4n) is 5.99. The molecule has 3 aromatic carbocycles. The third-order valence-corrected chi connectivity index (χ3v) is 7.89. The highest BCUT2D eigenvalue weighted by Crippen LogP contribution is 2.52. The monoisotopic (exact) mass is 521 g/mol. The molecule has 6 nitrogen and oxygen atoms in total. The molecule has 3 aliphatic heterocycles. The minimum atomic E-state index is -0.760. The van der Waals surface area contributed by atoms with Crippen molar-refractivity contribution in [1.29, 1.82) is 0 Å². The molecule has 1 amide bonds. The third kappa shape index (κ3) is 5.15. The number of anilines is 2. The first-order valence-electron chi connectivity index (χ1n) is 13.8. The molecule has 1 saturated heterocycles. The van der Waals surface area contributed by atoms with Crippen molar-refractivity contribution in [2.75, 3.05) is 36.9 Å². The number of nitrogens with one attached hydrogen (secondary N) is 2. The highest BCUT2D eigenvalue weighted by atomic mass is 16.5. The van der Waals surface area contributed by atoms with Gasteiger partial charge in [-0.3, -0.25) is 9.69 Å². The molecule has 0 aromatic heterocycles. The Morgan fingerprint density at radius 2 is 1.62 bits per heavy atom. The zero-order valence-electron chi connectivity index (χ0n) is 22.3. The number of carbonyl (C=O) groups is 1. The maximum Gasteiger partial charge on any atom is 0.254 e. The maximum absolute atomic E-state index is 13.6. The van der Waals surface area contributed by atoms with E-state index in [2.05, 4.69) is 64.9 Å². The standard InChI is InChI=1S/C33H35N3O3/c1-2-28-30(32(37)35-27-11-7-4-8-12-27)29-17-18-33(28,39-29)31(34-26-9-5-3-6-10-26)25-15-13-24(14-16-25)23-36-19-21-38-22-20-36/h3-18,29,31,34H,2,19-23H2,1H3,(H,35,37). The number of ether oxygens (including phenoxy) is 2. The summed E-state index contributed by atoms with van der Waals surface area (Å²) in [7, 11) is 0. The SMILES string of the molecule is CCC1=C(C(=O)Nc2ccccc2)C2C=CC1(C(Nc1ccccc1)c1ccc(CN3CCOCC3)cc1)O2. The lowest BCUT2D eigenvalue weighted by Gasteiger charge is -2.37. The van der Waals surface area contributed by atoms with Crippen LogP contribution in [0.2, 0.25) is 0 Å². The van der Waals surface area contributed by atoms with Crippen LogP contribution in [0.4, 0.5) is 11.4 Å². The number of amides is 1. The zero-order chi connectivity index (χ0) is 26.7. The Balaban J connectivity index is 1.34. The fraction of sp³-hybridized carbons (Fsp3) is 0.303. The first-order chi connectivity index (χ1) is 19.2. The Bertz CT molecular complexity index is 1350. The Hall–Kier alpha value is -3.71. The molecule has 3 atom stereocenters. The van der Waals surface area contributed by atoms with Gasteiger partial charge in [-0.15, -0.1) is 0 Å². The molecule has 3 unspecified atom stereocenters. The molecule has 0 saturated carbocycles. The van der Waals surface area contributed by atoms with E-state index in [4.69, 9.17) is 9.47 Å². The number of benzene rings is 3. The molecule has 0 radical (unpaired) electrons. The molecule has 39 heavy (non-hydrogen) atoms. The van der Waals surface area contributed by atoms with Crippen molar-refractivity contribution in [1.82, 2.24) is 4.90 Å². The lowest BCUT2D eigenvalue weighted by Crippen LogP contribution is -2.40. The van der Waals surface area contributed by atoms with E-state index in [1.807, 2.05) is 54.6 Å². The van der Waals surface area contributed by atoms with Crippen LogP contribution >= 0.6 is 0 Å². The fourth-order valence-corrected chi connectivity index (χ4v) is 5.99. The molecule has 3 heterocycles. The van der Waals surface area contributed by atoms with Crippen molar-refractivity contribution < 1.29 is 14.3 Å². The first-order valence-corrected chi connectivity index (χ1v) is 13.8. The van der Waals surface area contributed by atoms with E-state index < -0.39 is 5.60 Å². The summed E-state index contributed by atoms with van der Waals surface area (Å²) >= 11 is 0. The lowest BCUT2D eigenvalue weighted by atomic mass is 9.77. The zero-order valence-corrected chi connectivity index (χ0v) is 22.3. The van der Waals surface area contributed by atoms with Crippen LogP contribution in [0.15, 0.2) is 108 Å². The Morgan fingerprint density at radius 3 is 2.28 bits per heavy atom. The molecule has 2 N–H and O–H groups in total. The molecule has 200 valence electrons. The summed E-state index contributed by atoms with van der Waals surface area (Å²) in [5.41, 5.74) is 5.16. The third-order valence-electron chi connectivity index (χ3n) is 7.89. The number of rotatable bonds is 9. The van der Waals surface area contributed by atoms with Gasteiger partial charge in [0.15, 0.2) is 0 Å². The van der Waals surface area contributed by atoms with Gasteiger partial charge in [-0.1, -0.05) is 73.7 Å². The van der Waals surface area contributed by atoms with Crippen molar-refractivity contribution in [3.63, 3.8) is 0 Å². The summed E-state index contributed by atoms with van der Waals surface area (Å²) in [5.74, 6) is -0.103. The predicted octanol–water partition coefficient (Wildman–Crippen LogP) is 5.72. The number of carbonyl (C=O) groups excluding carboxylic acids is 1. The Labute approximate surface area is 230 Å². The van der Waals surface area contributed by atoms with Gasteiger partial charge in [-0.2, -0.15) is 0 Å². The van der Waals surface area contributed by atoms with E-state index in [0.717, 1.165) is 55.4 Å². The van der Waals surface area contributed by atoms with Crippen LogP contribution in [0, 0.1) is 0 Å². The summed E-state index contributed by atoms with van der Waals surface area (Å²) in [6, 6.07) is 28.4. The van der Waals surface area contributed by atoms with Crippen LogP contribution < -0.4 is 10.6 Å². The summed E-state index contributed by atoms with van der Waals surface area (Å²) in [4.78, 5) is 16.0. The average molecular weight is 522 g/mol. The number of fused-ring (bicyclic) bond motifs is 2. The van der Waals surface area contributed by atoms with E-state index in [1.165, 1.54) is 5.56 Å². The largest absolute Gasteiger partial charge is 0.379 e. The summed E-state index contributed by atoms with van der Waals surface area (Å²) in [6.07, 6.45) is 4.52. The molecule has 1 fully saturated rings. The number of nitrogens with zero attached hydrogens (tertiary/aromatic N) is 1. The first kappa shape index (κ1) is 25.6. The Morgan fingerprint density at radius 1 is 0.949 bits per heavy atom. The molecule has 3 aromatic rings. The van der Waals surface area contributed by atoms with Crippen LogP contribution in [-0.2, 0) is 20.8 Å².